The van der Waals surface area contributed by atoms with E-state index in [1.807, 2.05) is 42.5 Å². The number of hydrogen-bond donors (Lipinski definition) is 1. The highest BCUT2D eigenvalue weighted by Gasteiger charge is 2.14. The van der Waals surface area contributed by atoms with Crippen LogP contribution in [-0.2, 0) is 24.2 Å². The molecular weight excluding hydrogens is 430 g/mol. The summed E-state index contributed by atoms with van der Waals surface area (Å²) in [5.41, 5.74) is 3.89. The van der Waals surface area contributed by atoms with Crippen LogP contribution in [0.15, 0.2) is 53.1 Å². The number of nitrogens with one attached hydrogen (secondary N) is 1. The van der Waals surface area contributed by atoms with Crippen LogP contribution in [0.1, 0.15) is 30.7 Å². The van der Waals surface area contributed by atoms with Crippen molar-refractivity contribution in [1.29, 1.82) is 0 Å². The van der Waals surface area contributed by atoms with Gasteiger partial charge in [0.15, 0.2) is 0 Å². The second-order valence-corrected chi connectivity index (χ2v) is 8.15. The van der Waals surface area contributed by atoms with Crippen molar-refractivity contribution in [1.82, 2.24) is 9.55 Å². The van der Waals surface area contributed by atoms with Crippen molar-refractivity contribution in [2.45, 2.75) is 38.6 Å². The first-order valence-electron chi connectivity index (χ1n) is 9.91. The van der Waals surface area contributed by atoms with Crippen LogP contribution in [0.25, 0.3) is 11.3 Å². The smallest absolute Gasteiger partial charge is 0.224 e. The SMILES string of the molecule is COc1ccc(CCC(=O)Nc2cccc(-c3cn4c(n3)CCCC4)c2)cc1Br. The fourth-order valence-corrected chi connectivity index (χ4v) is 4.24. The number of nitrogens with zero attached hydrogens (tertiary/aromatic N) is 2. The van der Waals surface area contributed by atoms with E-state index in [0.717, 1.165) is 51.5 Å². The molecule has 0 bridgehead atoms. The van der Waals surface area contributed by atoms with Gasteiger partial charge in [0.25, 0.3) is 0 Å². The summed E-state index contributed by atoms with van der Waals surface area (Å²) in [7, 11) is 1.64. The van der Waals surface area contributed by atoms with Gasteiger partial charge in [-0.2, -0.15) is 0 Å². The first kappa shape index (κ1) is 19.7. The number of aromatic nitrogens is 2. The van der Waals surface area contributed by atoms with Crippen LogP contribution in [-0.4, -0.2) is 22.6 Å². The topological polar surface area (TPSA) is 56.1 Å². The van der Waals surface area contributed by atoms with Gasteiger partial charge in [0.1, 0.15) is 11.6 Å². The second kappa shape index (κ2) is 8.82. The van der Waals surface area contributed by atoms with Crippen LogP contribution >= 0.6 is 15.9 Å². The van der Waals surface area contributed by atoms with E-state index in [-0.39, 0.29) is 5.91 Å². The van der Waals surface area contributed by atoms with Crippen molar-refractivity contribution in [3.05, 3.63) is 64.5 Å². The Bertz CT molecular complexity index is 1010. The minimum absolute atomic E-state index is 0.00164. The van der Waals surface area contributed by atoms with Crippen molar-refractivity contribution in [2.75, 3.05) is 12.4 Å². The van der Waals surface area contributed by atoms with Gasteiger partial charge < -0.3 is 14.6 Å². The van der Waals surface area contributed by atoms with Gasteiger partial charge in [-0.25, -0.2) is 4.98 Å². The molecule has 0 radical (unpaired) electrons. The molecular formula is C23H24BrN3O2. The van der Waals surface area contributed by atoms with Crippen molar-refractivity contribution in [2.24, 2.45) is 0 Å². The molecule has 0 atom stereocenters. The standard InChI is InChI=1S/C23H24BrN3O2/c1-29-21-10-8-16(13-19(21)24)9-11-23(28)25-18-6-4-5-17(14-18)20-15-27-12-3-2-7-22(27)26-20/h4-6,8,10,13-15H,2-3,7,9,11-12H2,1H3,(H,25,28). The Labute approximate surface area is 179 Å². The molecule has 0 saturated carbocycles. The lowest BCUT2D eigenvalue weighted by Crippen LogP contribution is -2.12. The zero-order valence-corrected chi connectivity index (χ0v) is 18.0. The number of methoxy groups -OCH3 is 1. The summed E-state index contributed by atoms with van der Waals surface area (Å²) in [6.45, 7) is 1.04. The van der Waals surface area contributed by atoms with Crippen molar-refractivity contribution < 1.29 is 9.53 Å². The van der Waals surface area contributed by atoms with Crippen molar-refractivity contribution in [3.63, 3.8) is 0 Å². The number of rotatable bonds is 6. The van der Waals surface area contributed by atoms with Crippen LogP contribution in [0.3, 0.4) is 0 Å². The van der Waals surface area contributed by atoms with Crippen molar-refractivity contribution in [3.8, 4) is 17.0 Å². The fraction of sp³-hybridized carbons (Fsp3) is 0.304. The number of carbonyl (C=O) groups excluding carboxylic acids is 1. The minimum Gasteiger partial charge on any atom is -0.496 e. The summed E-state index contributed by atoms with van der Waals surface area (Å²) >= 11 is 3.49. The lowest BCUT2D eigenvalue weighted by Gasteiger charge is -2.11. The van der Waals surface area contributed by atoms with Crippen LogP contribution in [0.4, 0.5) is 5.69 Å². The lowest BCUT2D eigenvalue weighted by molar-refractivity contribution is -0.116. The summed E-state index contributed by atoms with van der Waals surface area (Å²) < 4.78 is 8.39. The molecule has 0 spiro atoms. The number of aryl methyl sites for hydroxylation is 3. The van der Waals surface area contributed by atoms with Crippen LogP contribution in [0.5, 0.6) is 5.75 Å². The number of benzene rings is 2. The zero-order valence-electron chi connectivity index (χ0n) is 16.5. The van der Waals surface area contributed by atoms with E-state index in [1.165, 1.54) is 12.8 Å². The van der Waals surface area contributed by atoms with Gasteiger partial charge in [0.05, 0.1) is 17.3 Å². The molecule has 0 unspecified atom stereocenters. The number of anilines is 1. The van der Waals surface area contributed by atoms with E-state index in [9.17, 15) is 4.79 Å². The number of hydrogen-bond acceptors (Lipinski definition) is 3. The van der Waals surface area contributed by atoms with E-state index >= 15 is 0 Å². The Morgan fingerprint density at radius 2 is 2.14 bits per heavy atom. The molecule has 0 fully saturated rings. The molecule has 1 N–H and O–H groups in total. The van der Waals surface area contributed by atoms with E-state index < -0.39 is 0 Å². The normalized spacial score (nSPS) is 13.0. The number of fused-ring (bicyclic) bond motifs is 1. The molecule has 150 valence electrons. The summed E-state index contributed by atoms with van der Waals surface area (Å²) in [5, 5.41) is 3.01. The average Bonchev–Trinajstić information content (AvgIpc) is 3.17. The average molecular weight is 454 g/mol. The summed E-state index contributed by atoms with van der Waals surface area (Å²) in [5.74, 6) is 1.94. The first-order chi connectivity index (χ1) is 14.1. The molecule has 5 nitrogen and oxygen atoms in total. The van der Waals surface area contributed by atoms with Gasteiger partial charge in [0.2, 0.25) is 5.91 Å². The maximum absolute atomic E-state index is 12.4. The Morgan fingerprint density at radius 3 is 2.93 bits per heavy atom. The monoisotopic (exact) mass is 453 g/mol. The molecule has 2 heterocycles. The summed E-state index contributed by atoms with van der Waals surface area (Å²) in [4.78, 5) is 17.2. The third-order valence-corrected chi connectivity index (χ3v) is 5.83. The largest absolute Gasteiger partial charge is 0.496 e. The number of halogens is 1. The number of carbonyl (C=O) groups is 1. The van der Waals surface area contributed by atoms with Gasteiger partial charge in [0, 0.05) is 36.8 Å². The first-order valence-corrected chi connectivity index (χ1v) is 10.7. The molecule has 0 aliphatic carbocycles. The van der Waals surface area contributed by atoms with E-state index in [0.29, 0.717) is 12.8 Å². The molecule has 6 heteroatoms. The number of amides is 1. The Hall–Kier alpha value is -2.60. The third-order valence-electron chi connectivity index (χ3n) is 5.21. The second-order valence-electron chi connectivity index (χ2n) is 7.29. The molecule has 1 amide bonds. The Balaban J connectivity index is 1.39. The van der Waals surface area contributed by atoms with E-state index in [2.05, 4.69) is 32.0 Å². The van der Waals surface area contributed by atoms with Crippen molar-refractivity contribution >= 4 is 27.5 Å². The third kappa shape index (κ3) is 4.70. The molecule has 1 aromatic heterocycles. The highest BCUT2D eigenvalue weighted by molar-refractivity contribution is 9.10. The number of imidazole rings is 1. The highest BCUT2D eigenvalue weighted by atomic mass is 79.9. The predicted octanol–water partition coefficient (Wildman–Crippen LogP) is 5.23. The lowest BCUT2D eigenvalue weighted by atomic mass is 10.1. The van der Waals surface area contributed by atoms with E-state index in [1.54, 1.807) is 7.11 Å². The maximum Gasteiger partial charge on any atom is 0.224 e. The molecule has 29 heavy (non-hydrogen) atoms. The number of ether oxygens (including phenoxy) is 1. The summed E-state index contributed by atoms with van der Waals surface area (Å²) in [6, 6.07) is 13.8. The highest BCUT2D eigenvalue weighted by Crippen LogP contribution is 2.27. The van der Waals surface area contributed by atoms with Gasteiger partial charge in [-0.15, -0.1) is 0 Å². The van der Waals surface area contributed by atoms with Crippen LogP contribution in [0.2, 0.25) is 0 Å². The molecule has 2 aromatic carbocycles. The zero-order chi connectivity index (χ0) is 20.2. The van der Waals surface area contributed by atoms with E-state index in [4.69, 9.17) is 9.72 Å². The minimum atomic E-state index is -0.00164. The molecule has 0 saturated heterocycles. The van der Waals surface area contributed by atoms with Gasteiger partial charge in [-0.3, -0.25) is 4.79 Å². The molecule has 1 aliphatic heterocycles. The summed E-state index contributed by atoms with van der Waals surface area (Å²) in [6.07, 6.45) is 6.67. The quantitative estimate of drug-likeness (QED) is 0.555. The van der Waals surface area contributed by atoms with Gasteiger partial charge in [-0.1, -0.05) is 18.2 Å². The predicted molar refractivity (Wildman–Crippen MR) is 118 cm³/mol. The Kier molecular flexibility index (Phi) is 6.00. The molecule has 4 rings (SSSR count). The van der Waals surface area contributed by atoms with Crippen LogP contribution < -0.4 is 10.1 Å². The Morgan fingerprint density at radius 1 is 1.24 bits per heavy atom. The maximum atomic E-state index is 12.4. The van der Waals surface area contributed by atoms with Gasteiger partial charge in [-0.05, 0) is 65.0 Å². The molecule has 3 aromatic rings. The van der Waals surface area contributed by atoms with Crippen LogP contribution in [0, 0.1) is 0 Å². The van der Waals surface area contributed by atoms with Gasteiger partial charge >= 0.3 is 0 Å². The molecule has 1 aliphatic rings. The fourth-order valence-electron chi connectivity index (χ4n) is 3.65.